The lowest BCUT2D eigenvalue weighted by molar-refractivity contribution is -0.137. The fourth-order valence-electron chi connectivity index (χ4n) is 2.36. The Morgan fingerprint density at radius 2 is 1.96 bits per heavy atom. The number of halogens is 5. The van der Waals surface area contributed by atoms with Crippen LogP contribution in [0.15, 0.2) is 35.5 Å². The fraction of sp³-hybridized carbons (Fsp3) is 0.200. The standard InChI is InChI=1S/C15H10ClF4N3/c16-12-8(15(18,19)20)3-4-10-11(12)14(23-7-6-21-10)13-9(17)2-1-5-22-13/h1-5,21H,6-7H2. The van der Waals surface area contributed by atoms with E-state index >= 15 is 0 Å². The molecular formula is C15H10ClF4N3. The molecule has 1 aliphatic rings. The number of alkyl halides is 3. The predicted octanol–water partition coefficient (Wildman–Crippen LogP) is 4.16. The molecule has 0 spiro atoms. The monoisotopic (exact) mass is 343 g/mol. The molecule has 3 nitrogen and oxygen atoms in total. The average Bonchev–Trinajstić information content (AvgIpc) is 2.70. The number of pyridine rings is 1. The third kappa shape index (κ3) is 2.88. The molecule has 0 radical (unpaired) electrons. The van der Waals surface area contributed by atoms with Gasteiger partial charge in [-0.3, -0.25) is 9.98 Å². The van der Waals surface area contributed by atoms with Gasteiger partial charge in [0.15, 0.2) is 5.82 Å². The van der Waals surface area contributed by atoms with E-state index in [4.69, 9.17) is 11.6 Å². The van der Waals surface area contributed by atoms with Crippen LogP contribution >= 0.6 is 11.6 Å². The van der Waals surface area contributed by atoms with Gasteiger partial charge in [-0.2, -0.15) is 13.2 Å². The van der Waals surface area contributed by atoms with Crippen molar-refractivity contribution in [2.45, 2.75) is 6.18 Å². The zero-order valence-electron chi connectivity index (χ0n) is 11.6. The summed E-state index contributed by atoms with van der Waals surface area (Å²) in [5, 5.41) is 2.43. The third-order valence-corrected chi connectivity index (χ3v) is 3.76. The first-order valence-corrected chi connectivity index (χ1v) is 7.06. The van der Waals surface area contributed by atoms with Crippen LogP contribution in [-0.2, 0) is 6.18 Å². The van der Waals surface area contributed by atoms with Crippen LogP contribution in [0.1, 0.15) is 16.8 Å². The van der Waals surface area contributed by atoms with Crippen molar-refractivity contribution in [3.05, 3.63) is 58.1 Å². The number of fused-ring (bicyclic) bond motifs is 1. The third-order valence-electron chi connectivity index (χ3n) is 3.36. The van der Waals surface area contributed by atoms with Gasteiger partial charge in [-0.1, -0.05) is 11.6 Å². The number of anilines is 1. The number of rotatable bonds is 1. The van der Waals surface area contributed by atoms with E-state index in [-0.39, 0.29) is 23.5 Å². The number of benzene rings is 1. The molecule has 0 fully saturated rings. The van der Waals surface area contributed by atoms with Crippen LogP contribution in [0.5, 0.6) is 0 Å². The minimum absolute atomic E-state index is 0.0107. The molecule has 0 unspecified atom stereocenters. The summed E-state index contributed by atoms with van der Waals surface area (Å²) in [6.07, 6.45) is -3.27. The lowest BCUT2D eigenvalue weighted by atomic mass is 10.0. The molecule has 1 aromatic heterocycles. The maximum atomic E-state index is 14.0. The van der Waals surface area contributed by atoms with Crippen LogP contribution in [-0.4, -0.2) is 23.8 Å². The van der Waals surface area contributed by atoms with E-state index in [1.54, 1.807) is 0 Å². The summed E-state index contributed by atoms with van der Waals surface area (Å²) in [4.78, 5) is 8.08. The molecule has 2 aromatic rings. The number of aliphatic imine (C=N–C) groups is 1. The minimum Gasteiger partial charge on any atom is -0.383 e. The molecule has 0 bridgehead atoms. The van der Waals surface area contributed by atoms with Crippen molar-refractivity contribution in [1.82, 2.24) is 4.98 Å². The SMILES string of the molecule is Fc1cccnc1C1=NCCNc2ccc(C(F)(F)F)c(Cl)c21. The summed E-state index contributed by atoms with van der Waals surface area (Å²) < 4.78 is 53.3. The van der Waals surface area contributed by atoms with Crippen molar-refractivity contribution in [3.8, 4) is 0 Å². The number of hydrogen-bond donors (Lipinski definition) is 1. The summed E-state index contributed by atoms with van der Waals surface area (Å²) in [5.74, 6) is -0.674. The van der Waals surface area contributed by atoms with Crippen molar-refractivity contribution >= 4 is 23.0 Å². The zero-order chi connectivity index (χ0) is 16.6. The van der Waals surface area contributed by atoms with Crippen LogP contribution in [0.3, 0.4) is 0 Å². The second kappa shape index (κ2) is 5.81. The molecule has 120 valence electrons. The van der Waals surface area contributed by atoms with E-state index in [9.17, 15) is 17.6 Å². The van der Waals surface area contributed by atoms with E-state index in [1.165, 1.54) is 24.4 Å². The van der Waals surface area contributed by atoms with E-state index < -0.39 is 22.6 Å². The van der Waals surface area contributed by atoms with Gasteiger partial charge in [0.25, 0.3) is 0 Å². The van der Waals surface area contributed by atoms with E-state index in [1.807, 2.05) is 0 Å². The Labute approximate surface area is 134 Å². The van der Waals surface area contributed by atoms with Crippen molar-refractivity contribution in [1.29, 1.82) is 0 Å². The Morgan fingerprint density at radius 3 is 2.65 bits per heavy atom. The highest BCUT2D eigenvalue weighted by atomic mass is 35.5. The molecule has 0 saturated carbocycles. The van der Waals surface area contributed by atoms with Gasteiger partial charge in [-0.25, -0.2) is 4.39 Å². The lowest BCUT2D eigenvalue weighted by Crippen LogP contribution is -2.14. The first kappa shape index (κ1) is 15.7. The van der Waals surface area contributed by atoms with Crippen LogP contribution in [0.4, 0.5) is 23.2 Å². The molecule has 0 atom stereocenters. The highest BCUT2D eigenvalue weighted by Gasteiger charge is 2.36. The highest BCUT2D eigenvalue weighted by molar-refractivity contribution is 6.37. The second-order valence-corrected chi connectivity index (χ2v) is 5.22. The molecular weight excluding hydrogens is 334 g/mol. The van der Waals surface area contributed by atoms with Crippen LogP contribution in [0.25, 0.3) is 0 Å². The number of aromatic nitrogens is 1. The summed E-state index contributed by atoms with van der Waals surface area (Å²) in [5.41, 5.74) is -0.732. The van der Waals surface area contributed by atoms with Gasteiger partial charge >= 0.3 is 6.18 Å². The largest absolute Gasteiger partial charge is 0.417 e. The summed E-state index contributed by atoms with van der Waals surface area (Å²) in [6, 6.07) is 4.73. The number of nitrogens with one attached hydrogen (secondary N) is 1. The molecule has 0 aliphatic carbocycles. The van der Waals surface area contributed by atoms with Crippen LogP contribution in [0.2, 0.25) is 5.02 Å². The average molecular weight is 344 g/mol. The topological polar surface area (TPSA) is 37.3 Å². The first-order valence-electron chi connectivity index (χ1n) is 6.69. The number of benzodiazepines with no additional fused rings is 1. The molecule has 1 N–H and O–H groups in total. The van der Waals surface area contributed by atoms with Gasteiger partial charge in [-0.05, 0) is 24.3 Å². The number of hydrogen-bond acceptors (Lipinski definition) is 3. The van der Waals surface area contributed by atoms with Gasteiger partial charge in [-0.15, -0.1) is 0 Å². The van der Waals surface area contributed by atoms with Gasteiger partial charge in [0.2, 0.25) is 0 Å². The summed E-state index contributed by atoms with van der Waals surface area (Å²) in [7, 11) is 0. The van der Waals surface area contributed by atoms with Crippen molar-refractivity contribution in [2.75, 3.05) is 18.4 Å². The molecule has 1 aromatic carbocycles. The molecule has 0 amide bonds. The zero-order valence-corrected chi connectivity index (χ0v) is 12.3. The molecule has 3 rings (SSSR count). The van der Waals surface area contributed by atoms with Crippen LogP contribution < -0.4 is 5.32 Å². The summed E-state index contributed by atoms with van der Waals surface area (Å²) >= 11 is 5.99. The van der Waals surface area contributed by atoms with Crippen molar-refractivity contribution < 1.29 is 17.6 Å². The molecule has 1 aliphatic heterocycles. The molecule has 0 saturated heterocycles. The maximum Gasteiger partial charge on any atom is 0.417 e. The predicted molar refractivity (Wildman–Crippen MR) is 79.6 cm³/mol. The smallest absolute Gasteiger partial charge is 0.383 e. The van der Waals surface area contributed by atoms with Crippen molar-refractivity contribution in [3.63, 3.8) is 0 Å². The lowest BCUT2D eigenvalue weighted by Gasteiger charge is -2.17. The minimum atomic E-state index is -4.62. The number of nitrogens with zero attached hydrogens (tertiary/aromatic N) is 2. The van der Waals surface area contributed by atoms with Gasteiger partial charge < -0.3 is 5.32 Å². The van der Waals surface area contributed by atoms with E-state index in [0.29, 0.717) is 12.2 Å². The normalized spacial score (nSPS) is 14.6. The Hall–Kier alpha value is -2.15. The Bertz CT molecular complexity index is 787. The van der Waals surface area contributed by atoms with Gasteiger partial charge in [0.05, 0.1) is 22.8 Å². The quantitative estimate of drug-likeness (QED) is 0.790. The highest BCUT2D eigenvalue weighted by Crippen LogP contribution is 2.40. The Kier molecular flexibility index (Phi) is 3.97. The second-order valence-electron chi connectivity index (χ2n) is 4.84. The first-order chi connectivity index (χ1) is 10.9. The van der Waals surface area contributed by atoms with E-state index in [0.717, 1.165) is 6.07 Å². The Balaban J connectivity index is 2.27. The fourth-order valence-corrected chi connectivity index (χ4v) is 2.73. The Morgan fingerprint density at radius 1 is 1.17 bits per heavy atom. The summed E-state index contributed by atoms with van der Waals surface area (Å²) in [6.45, 7) is 0.657. The van der Waals surface area contributed by atoms with Gasteiger partial charge in [0, 0.05) is 24.0 Å². The van der Waals surface area contributed by atoms with E-state index in [2.05, 4.69) is 15.3 Å². The molecule has 23 heavy (non-hydrogen) atoms. The molecule has 2 heterocycles. The van der Waals surface area contributed by atoms with Crippen molar-refractivity contribution in [2.24, 2.45) is 4.99 Å². The molecule has 8 heteroatoms. The van der Waals surface area contributed by atoms with Gasteiger partial charge in [0.1, 0.15) is 5.69 Å². The maximum absolute atomic E-state index is 14.0. The van der Waals surface area contributed by atoms with Crippen LogP contribution in [0, 0.1) is 5.82 Å².